The van der Waals surface area contributed by atoms with Crippen molar-refractivity contribution in [1.82, 2.24) is 4.98 Å². The van der Waals surface area contributed by atoms with Gasteiger partial charge < -0.3 is 5.11 Å². The quantitative estimate of drug-likeness (QED) is 0.750. The molecule has 108 valence electrons. The van der Waals surface area contributed by atoms with Crippen molar-refractivity contribution < 1.29 is 18.3 Å². The highest BCUT2D eigenvalue weighted by Crippen LogP contribution is 2.33. The Morgan fingerprint density at radius 1 is 1.05 bits per heavy atom. The lowest BCUT2D eigenvalue weighted by Gasteiger charge is -2.04. The number of thiazole rings is 1. The van der Waals surface area contributed by atoms with Crippen LogP contribution in [-0.2, 0) is 12.6 Å². The molecule has 0 aliphatic rings. The van der Waals surface area contributed by atoms with Crippen molar-refractivity contribution in [2.45, 2.75) is 12.6 Å². The van der Waals surface area contributed by atoms with Crippen LogP contribution in [0.1, 0.15) is 16.1 Å². The average Bonchev–Trinajstić information content (AvgIpc) is 2.81. The van der Waals surface area contributed by atoms with Gasteiger partial charge in [-0.1, -0.05) is 12.1 Å². The molecule has 0 bridgehead atoms. The van der Waals surface area contributed by atoms with E-state index in [-0.39, 0.29) is 5.75 Å². The fourth-order valence-electron chi connectivity index (χ4n) is 2.02. The molecule has 0 aliphatic heterocycles. The second-order valence-electron chi connectivity index (χ2n) is 4.63. The summed E-state index contributed by atoms with van der Waals surface area (Å²) >= 11 is 1.37. The molecule has 2 nitrogen and oxygen atoms in total. The highest BCUT2D eigenvalue weighted by Gasteiger charge is 2.30. The zero-order valence-electron chi connectivity index (χ0n) is 10.7. The molecule has 0 atom stereocenters. The monoisotopic (exact) mass is 309 g/mol. The maximum atomic E-state index is 12.7. The summed E-state index contributed by atoms with van der Waals surface area (Å²) in [7, 11) is 0. The lowest BCUT2D eigenvalue weighted by molar-refractivity contribution is -0.137. The van der Waals surface area contributed by atoms with E-state index in [0.717, 1.165) is 27.4 Å². The Bertz CT molecular complexity index is 778. The van der Waals surface area contributed by atoms with Crippen molar-refractivity contribution in [2.24, 2.45) is 0 Å². The van der Waals surface area contributed by atoms with Crippen LogP contribution in [0.15, 0.2) is 42.5 Å². The minimum Gasteiger partial charge on any atom is -0.508 e. The molecule has 0 saturated carbocycles. The fraction of sp³-hybridized carbons (Fsp3) is 0.133. The maximum Gasteiger partial charge on any atom is 0.416 e. The van der Waals surface area contributed by atoms with Crippen molar-refractivity contribution in [3.05, 3.63) is 58.6 Å². The van der Waals surface area contributed by atoms with Crippen LogP contribution in [-0.4, -0.2) is 10.1 Å². The first-order valence-electron chi connectivity index (χ1n) is 6.16. The molecule has 0 aliphatic carbocycles. The summed E-state index contributed by atoms with van der Waals surface area (Å²) in [5.41, 5.74) is 0.628. The lowest BCUT2D eigenvalue weighted by Crippen LogP contribution is -2.03. The lowest BCUT2D eigenvalue weighted by atomic mass is 10.1. The highest BCUT2D eigenvalue weighted by molar-refractivity contribution is 7.18. The van der Waals surface area contributed by atoms with Gasteiger partial charge in [0.05, 0.1) is 20.8 Å². The van der Waals surface area contributed by atoms with Gasteiger partial charge in [-0.05, 0) is 35.9 Å². The Morgan fingerprint density at radius 2 is 1.76 bits per heavy atom. The zero-order valence-corrected chi connectivity index (χ0v) is 11.5. The normalized spacial score (nSPS) is 12.0. The number of phenols is 1. The molecule has 0 radical (unpaired) electrons. The van der Waals surface area contributed by atoms with E-state index in [4.69, 9.17) is 0 Å². The number of fused-ring (bicyclic) bond motifs is 1. The van der Waals surface area contributed by atoms with Gasteiger partial charge in [0.2, 0.25) is 0 Å². The Morgan fingerprint density at radius 3 is 2.43 bits per heavy atom. The second-order valence-corrected chi connectivity index (χ2v) is 5.75. The molecule has 0 unspecified atom stereocenters. The summed E-state index contributed by atoms with van der Waals surface area (Å²) in [5.74, 6) is 0.179. The standard InChI is InChI=1S/C15H10F3NOS/c16-15(17,18)10-3-6-13-12(8-10)19-14(21-13)7-9-1-4-11(20)5-2-9/h1-6,8,20H,7H2. The first kappa shape index (κ1) is 13.9. The fourth-order valence-corrected chi connectivity index (χ4v) is 3.00. The summed E-state index contributed by atoms with van der Waals surface area (Å²) in [4.78, 5) is 4.26. The molecule has 0 saturated heterocycles. The van der Waals surface area contributed by atoms with Crippen LogP contribution >= 0.6 is 11.3 Å². The molecule has 0 spiro atoms. The molecule has 1 N–H and O–H groups in total. The Labute approximate surface area is 122 Å². The van der Waals surface area contributed by atoms with Crippen LogP contribution in [0.5, 0.6) is 5.75 Å². The van der Waals surface area contributed by atoms with Crippen LogP contribution in [0.2, 0.25) is 0 Å². The predicted octanol–water partition coefficient (Wildman–Crippen LogP) is 4.61. The second kappa shape index (κ2) is 5.04. The number of phenolic OH excluding ortho intramolecular Hbond substituents is 1. The zero-order chi connectivity index (χ0) is 15.0. The van der Waals surface area contributed by atoms with Gasteiger partial charge in [-0.2, -0.15) is 13.2 Å². The van der Waals surface area contributed by atoms with Crippen LogP contribution in [0.25, 0.3) is 10.2 Å². The molecular formula is C15H10F3NOS. The van der Waals surface area contributed by atoms with Crippen molar-refractivity contribution in [3.63, 3.8) is 0 Å². The number of alkyl halides is 3. The topological polar surface area (TPSA) is 33.1 Å². The third-order valence-corrected chi connectivity index (χ3v) is 4.09. The van der Waals surface area contributed by atoms with Crippen LogP contribution in [0, 0.1) is 0 Å². The van der Waals surface area contributed by atoms with Crippen LogP contribution in [0.4, 0.5) is 13.2 Å². The van der Waals surface area contributed by atoms with E-state index in [9.17, 15) is 18.3 Å². The minimum atomic E-state index is -4.35. The van der Waals surface area contributed by atoms with Gasteiger partial charge in [0, 0.05) is 6.42 Å². The van der Waals surface area contributed by atoms with Crippen LogP contribution < -0.4 is 0 Å². The SMILES string of the molecule is Oc1ccc(Cc2nc3cc(C(F)(F)F)ccc3s2)cc1. The summed E-state index contributed by atoms with van der Waals surface area (Å²) in [5, 5.41) is 9.97. The average molecular weight is 309 g/mol. The molecule has 0 fully saturated rings. The molecule has 3 rings (SSSR count). The van der Waals surface area contributed by atoms with E-state index in [0.29, 0.717) is 11.9 Å². The third kappa shape index (κ3) is 3.00. The number of aromatic nitrogens is 1. The van der Waals surface area contributed by atoms with E-state index in [1.54, 1.807) is 24.3 Å². The highest BCUT2D eigenvalue weighted by atomic mass is 32.1. The molecular weight excluding hydrogens is 299 g/mol. The number of nitrogens with zero attached hydrogens (tertiary/aromatic N) is 1. The smallest absolute Gasteiger partial charge is 0.416 e. The number of benzene rings is 2. The summed E-state index contributed by atoms with van der Waals surface area (Å²) in [6.45, 7) is 0. The first-order valence-corrected chi connectivity index (χ1v) is 6.98. The Balaban J connectivity index is 1.92. The minimum absolute atomic E-state index is 0.179. The van der Waals surface area contributed by atoms with Gasteiger partial charge in [-0.25, -0.2) is 4.98 Å². The third-order valence-electron chi connectivity index (χ3n) is 3.05. The molecule has 1 aromatic heterocycles. The van der Waals surface area contributed by atoms with Crippen molar-refractivity contribution in [1.29, 1.82) is 0 Å². The molecule has 3 aromatic rings. The van der Waals surface area contributed by atoms with Gasteiger partial charge >= 0.3 is 6.18 Å². The molecule has 2 aromatic carbocycles. The summed E-state index contributed by atoms with van der Waals surface area (Å²) < 4.78 is 38.7. The van der Waals surface area contributed by atoms with E-state index in [2.05, 4.69) is 4.98 Å². The number of rotatable bonds is 2. The Hall–Kier alpha value is -2.08. The van der Waals surface area contributed by atoms with Crippen LogP contribution in [0.3, 0.4) is 0 Å². The van der Waals surface area contributed by atoms with Gasteiger partial charge in [-0.15, -0.1) is 11.3 Å². The van der Waals surface area contributed by atoms with E-state index >= 15 is 0 Å². The largest absolute Gasteiger partial charge is 0.508 e. The number of halogens is 3. The number of hydrogen-bond donors (Lipinski definition) is 1. The number of hydrogen-bond acceptors (Lipinski definition) is 3. The number of aromatic hydroxyl groups is 1. The van der Waals surface area contributed by atoms with Gasteiger partial charge in [0.25, 0.3) is 0 Å². The van der Waals surface area contributed by atoms with E-state index in [1.165, 1.54) is 17.4 Å². The van der Waals surface area contributed by atoms with Crippen molar-refractivity contribution in [3.8, 4) is 5.75 Å². The van der Waals surface area contributed by atoms with E-state index < -0.39 is 11.7 Å². The first-order chi connectivity index (χ1) is 9.91. The molecule has 0 amide bonds. The molecule has 1 heterocycles. The summed E-state index contributed by atoms with van der Waals surface area (Å²) in [6.07, 6.45) is -3.82. The Kier molecular flexibility index (Phi) is 3.33. The van der Waals surface area contributed by atoms with E-state index in [1.807, 2.05) is 0 Å². The van der Waals surface area contributed by atoms with Gasteiger partial charge in [0.15, 0.2) is 0 Å². The van der Waals surface area contributed by atoms with Crippen molar-refractivity contribution in [2.75, 3.05) is 0 Å². The summed E-state index contributed by atoms with van der Waals surface area (Å²) in [6, 6.07) is 10.3. The van der Waals surface area contributed by atoms with Gasteiger partial charge in [-0.3, -0.25) is 0 Å². The van der Waals surface area contributed by atoms with Gasteiger partial charge in [0.1, 0.15) is 5.75 Å². The molecule has 6 heteroatoms. The maximum absolute atomic E-state index is 12.7. The molecule has 21 heavy (non-hydrogen) atoms. The van der Waals surface area contributed by atoms with Crippen molar-refractivity contribution >= 4 is 21.6 Å². The predicted molar refractivity (Wildman–Crippen MR) is 75.5 cm³/mol.